The minimum Gasteiger partial charge on any atom is -0.480 e. The van der Waals surface area contributed by atoms with Gasteiger partial charge in [0, 0.05) is 6.04 Å². The third kappa shape index (κ3) is 4.09. The first kappa shape index (κ1) is 11.5. The van der Waals surface area contributed by atoms with E-state index < -0.39 is 5.97 Å². The number of carbonyl (C=O) groups is 1. The van der Waals surface area contributed by atoms with Gasteiger partial charge in [0.2, 0.25) is 0 Å². The number of carboxylic acids is 1. The second-order valence-electron chi connectivity index (χ2n) is 4.31. The molecule has 1 aliphatic carbocycles. The molecule has 0 radical (unpaired) electrons. The molecule has 3 heteroatoms. The molecule has 0 spiro atoms. The molecule has 1 saturated carbocycles. The summed E-state index contributed by atoms with van der Waals surface area (Å²) in [6, 6.07) is 0.351. The maximum atomic E-state index is 10.4. The van der Waals surface area contributed by atoms with Gasteiger partial charge in [-0.25, -0.2) is 0 Å². The van der Waals surface area contributed by atoms with Crippen LogP contribution >= 0.6 is 0 Å². The summed E-state index contributed by atoms with van der Waals surface area (Å²) >= 11 is 0. The summed E-state index contributed by atoms with van der Waals surface area (Å²) in [5.74, 6) is -0.0812. The molecule has 1 atom stereocenters. The molecule has 1 rings (SSSR count). The Hall–Kier alpha value is -0.570. The Morgan fingerprint density at radius 1 is 1.36 bits per heavy atom. The fourth-order valence-electron chi connectivity index (χ4n) is 2.23. The van der Waals surface area contributed by atoms with Crippen LogP contribution in [0.3, 0.4) is 0 Å². The third-order valence-electron chi connectivity index (χ3n) is 3.18. The number of rotatable bonds is 4. The molecular weight excluding hydrogens is 178 g/mol. The van der Waals surface area contributed by atoms with Crippen molar-refractivity contribution in [3.8, 4) is 0 Å². The zero-order chi connectivity index (χ0) is 10.4. The second-order valence-corrected chi connectivity index (χ2v) is 4.31. The van der Waals surface area contributed by atoms with Gasteiger partial charge in [-0.1, -0.05) is 25.7 Å². The Bertz CT molecular complexity index is 174. The Labute approximate surface area is 85.9 Å². The van der Waals surface area contributed by atoms with Crippen molar-refractivity contribution in [2.75, 3.05) is 6.54 Å². The van der Waals surface area contributed by atoms with Crippen LogP contribution in [0.5, 0.6) is 0 Å². The van der Waals surface area contributed by atoms with E-state index in [1.165, 1.54) is 38.5 Å². The van der Waals surface area contributed by atoms with Gasteiger partial charge in [-0.05, 0) is 25.7 Å². The molecule has 0 aromatic carbocycles. The normalized spacial score (nSPS) is 21.5. The Kier molecular flexibility index (Phi) is 4.94. The minimum absolute atomic E-state index is 0.0949. The molecule has 0 amide bonds. The fourth-order valence-corrected chi connectivity index (χ4v) is 2.23. The van der Waals surface area contributed by atoms with Crippen LogP contribution in [-0.4, -0.2) is 23.7 Å². The molecule has 0 saturated heterocycles. The highest BCUT2D eigenvalue weighted by molar-refractivity contribution is 5.69. The van der Waals surface area contributed by atoms with Gasteiger partial charge in [-0.3, -0.25) is 4.79 Å². The van der Waals surface area contributed by atoms with Crippen molar-refractivity contribution in [1.82, 2.24) is 5.32 Å². The highest BCUT2D eigenvalue weighted by Gasteiger charge is 2.18. The maximum absolute atomic E-state index is 10.4. The highest BCUT2D eigenvalue weighted by Crippen LogP contribution is 2.25. The number of nitrogens with one attached hydrogen (secondary N) is 1. The topological polar surface area (TPSA) is 49.3 Å². The summed E-state index contributed by atoms with van der Waals surface area (Å²) in [6.07, 6.45) is 7.83. The van der Waals surface area contributed by atoms with Crippen molar-refractivity contribution in [1.29, 1.82) is 0 Å². The van der Waals surface area contributed by atoms with Crippen molar-refractivity contribution < 1.29 is 9.90 Å². The Morgan fingerprint density at radius 3 is 2.43 bits per heavy atom. The molecule has 14 heavy (non-hydrogen) atoms. The first-order valence-electron chi connectivity index (χ1n) is 5.65. The first-order chi connectivity index (χ1) is 6.70. The van der Waals surface area contributed by atoms with Crippen LogP contribution in [0.15, 0.2) is 0 Å². The highest BCUT2D eigenvalue weighted by atomic mass is 16.4. The van der Waals surface area contributed by atoms with Crippen molar-refractivity contribution in [2.45, 2.75) is 51.5 Å². The van der Waals surface area contributed by atoms with E-state index in [1.807, 2.05) is 0 Å². The molecule has 82 valence electrons. The molecule has 0 heterocycles. The van der Waals surface area contributed by atoms with E-state index >= 15 is 0 Å². The molecule has 3 nitrogen and oxygen atoms in total. The van der Waals surface area contributed by atoms with Crippen LogP contribution in [0.2, 0.25) is 0 Å². The lowest BCUT2D eigenvalue weighted by molar-refractivity contribution is -0.136. The van der Waals surface area contributed by atoms with Gasteiger partial charge >= 0.3 is 5.97 Å². The monoisotopic (exact) mass is 199 g/mol. The van der Waals surface area contributed by atoms with Crippen molar-refractivity contribution in [3.63, 3.8) is 0 Å². The van der Waals surface area contributed by atoms with Crippen LogP contribution in [0.1, 0.15) is 45.4 Å². The summed E-state index contributed by atoms with van der Waals surface area (Å²) in [6.45, 7) is 2.20. The van der Waals surface area contributed by atoms with Gasteiger partial charge in [-0.15, -0.1) is 0 Å². The first-order valence-corrected chi connectivity index (χ1v) is 5.65. The average molecular weight is 199 g/mol. The molecule has 0 aromatic heterocycles. The number of hydrogen-bond acceptors (Lipinski definition) is 2. The van der Waals surface area contributed by atoms with E-state index in [1.54, 1.807) is 0 Å². The Balaban J connectivity index is 2.26. The van der Waals surface area contributed by atoms with Gasteiger partial charge in [-0.2, -0.15) is 0 Å². The van der Waals surface area contributed by atoms with Crippen LogP contribution in [0, 0.1) is 5.92 Å². The smallest absolute Gasteiger partial charge is 0.317 e. The summed E-state index contributed by atoms with van der Waals surface area (Å²) in [7, 11) is 0. The average Bonchev–Trinajstić information content (AvgIpc) is 2.42. The molecule has 0 bridgehead atoms. The van der Waals surface area contributed by atoms with Crippen LogP contribution in [0.4, 0.5) is 0 Å². The van der Waals surface area contributed by atoms with Gasteiger partial charge in [0.25, 0.3) is 0 Å². The molecule has 0 aromatic rings. The Morgan fingerprint density at radius 2 is 1.93 bits per heavy atom. The van der Waals surface area contributed by atoms with E-state index in [2.05, 4.69) is 12.2 Å². The summed E-state index contributed by atoms with van der Waals surface area (Å²) in [5.41, 5.74) is 0. The van der Waals surface area contributed by atoms with Gasteiger partial charge in [0.1, 0.15) is 0 Å². The van der Waals surface area contributed by atoms with Gasteiger partial charge in [0.05, 0.1) is 6.54 Å². The summed E-state index contributed by atoms with van der Waals surface area (Å²) in [4.78, 5) is 10.4. The fraction of sp³-hybridized carbons (Fsp3) is 0.909. The number of carboxylic acid groups (broad SMARTS) is 1. The summed E-state index contributed by atoms with van der Waals surface area (Å²) < 4.78 is 0. The molecule has 1 aliphatic rings. The number of aliphatic carboxylic acids is 1. The quantitative estimate of drug-likeness (QED) is 0.681. The van der Waals surface area contributed by atoms with Crippen LogP contribution < -0.4 is 5.32 Å². The lowest BCUT2D eigenvalue weighted by Gasteiger charge is -2.22. The van der Waals surface area contributed by atoms with Gasteiger partial charge in [0.15, 0.2) is 0 Å². The molecular formula is C11H21NO2. The molecule has 2 N–H and O–H groups in total. The minimum atomic E-state index is -0.759. The van der Waals surface area contributed by atoms with E-state index in [0.29, 0.717) is 12.0 Å². The molecule has 0 aliphatic heterocycles. The lowest BCUT2D eigenvalue weighted by Crippen LogP contribution is -2.36. The second kappa shape index (κ2) is 6.02. The summed E-state index contributed by atoms with van der Waals surface area (Å²) in [5, 5.41) is 11.6. The maximum Gasteiger partial charge on any atom is 0.317 e. The zero-order valence-electron chi connectivity index (χ0n) is 8.96. The van der Waals surface area contributed by atoms with Crippen LogP contribution in [-0.2, 0) is 4.79 Å². The third-order valence-corrected chi connectivity index (χ3v) is 3.18. The van der Waals surface area contributed by atoms with E-state index in [9.17, 15) is 4.79 Å². The van der Waals surface area contributed by atoms with Crippen LogP contribution in [0.25, 0.3) is 0 Å². The van der Waals surface area contributed by atoms with E-state index in [0.717, 1.165) is 0 Å². The van der Waals surface area contributed by atoms with Gasteiger partial charge < -0.3 is 10.4 Å². The number of hydrogen-bond donors (Lipinski definition) is 2. The SMILES string of the molecule is C[C@@H](NCC(=O)O)C1CCCCCC1. The lowest BCUT2D eigenvalue weighted by atomic mass is 9.93. The molecule has 1 fully saturated rings. The largest absolute Gasteiger partial charge is 0.480 e. The van der Waals surface area contributed by atoms with E-state index in [-0.39, 0.29) is 6.54 Å². The molecule has 0 unspecified atom stereocenters. The van der Waals surface area contributed by atoms with Crippen molar-refractivity contribution in [2.24, 2.45) is 5.92 Å². The van der Waals surface area contributed by atoms with Crippen molar-refractivity contribution in [3.05, 3.63) is 0 Å². The van der Waals surface area contributed by atoms with Crippen molar-refractivity contribution >= 4 is 5.97 Å². The standard InChI is InChI=1S/C11H21NO2/c1-9(12-8-11(13)14)10-6-4-2-3-5-7-10/h9-10,12H,2-8H2,1H3,(H,13,14)/t9-/m1/s1. The van der Waals surface area contributed by atoms with E-state index in [4.69, 9.17) is 5.11 Å². The zero-order valence-corrected chi connectivity index (χ0v) is 8.96. The predicted octanol–water partition coefficient (Wildman–Crippen LogP) is 2.02. The predicted molar refractivity (Wildman–Crippen MR) is 56.3 cm³/mol.